The third-order valence-electron chi connectivity index (χ3n) is 1.92. The van der Waals surface area contributed by atoms with Gasteiger partial charge in [-0.2, -0.15) is 0 Å². The SMILES string of the molecule is COC[C@H]1CN[C@H](C(=O)O)C1.Cl. The predicted molar refractivity (Wildman–Crippen MR) is 46.7 cm³/mol. The Kier molecular flexibility index (Phi) is 5.20. The van der Waals surface area contributed by atoms with Crippen molar-refractivity contribution < 1.29 is 14.6 Å². The average Bonchev–Trinajstić information content (AvgIpc) is 2.37. The van der Waals surface area contributed by atoms with Crippen LogP contribution in [0.2, 0.25) is 0 Å². The number of nitrogens with one attached hydrogen (secondary N) is 1. The van der Waals surface area contributed by atoms with E-state index >= 15 is 0 Å². The number of rotatable bonds is 3. The number of ether oxygens (including phenoxy) is 1. The second-order valence-electron chi connectivity index (χ2n) is 2.86. The number of carboxylic acids is 1. The minimum absolute atomic E-state index is 0. The predicted octanol–water partition coefficient (Wildman–Crippen LogP) is 0.117. The lowest BCUT2D eigenvalue weighted by atomic mass is 10.1. The standard InChI is InChI=1S/C7H13NO3.ClH/c1-11-4-5-2-6(7(9)10)8-3-5;/h5-6,8H,2-4H2,1H3,(H,9,10);1H/t5-,6+;/m1./s1. The molecule has 0 aromatic rings. The van der Waals surface area contributed by atoms with Crippen LogP contribution < -0.4 is 5.32 Å². The second kappa shape index (κ2) is 5.35. The van der Waals surface area contributed by atoms with Crippen molar-refractivity contribution in [1.29, 1.82) is 0 Å². The number of hydrogen-bond acceptors (Lipinski definition) is 3. The van der Waals surface area contributed by atoms with Crippen molar-refractivity contribution in [2.24, 2.45) is 5.92 Å². The average molecular weight is 196 g/mol. The van der Waals surface area contributed by atoms with Gasteiger partial charge in [0.15, 0.2) is 0 Å². The Labute approximate surface area is 77.7 Å². The fourth-order valence-electron chi connectivity index (χ4n) is 1.36. The van der Waals surface area contributed by atoms with Crippen LogP contribution in [-0.2, 0) is 9.53 Å². The largest absolute Gasteiger partial charge is 0.480 e. The first kappa shape index (κ1) is 11.7. The van der Waals surface area contributed by atoms with Crippen molar-refractivity contribution >= 4 is 18.4 Å². The van der Waals surface area contributed by atoms with Crippen LogP contribution in [0.15, 0.2) is 0 Å². The minimum Gasteiger partial charge on any atom is -0.480 e. The molecule has 1 aliphatic heterocycles. The Morgan fingerprint density at radius 1 is 1.75 bits per heavy atom. The van der Waals surface area contributed by atoms with E-state index in [0.29, 0.717) is 18.9 Å². The maximum Gasteiger partial charge on any atom is 0.320 e. The lowest BCUT2D eigenvalue weighted by molar-refractivity contribution is -0.139. The smallest absolute Gasteiger partial charge is 0.320 e. The van der Waals surface area contributed by atoms with Crippen LogP contribution in [-0.4, -0.2) is 37.4 Å². The second-order valence-corrected chi connectivity index (χ2v) is 2.86. The molecule has 0 amide bonds. The first-order valence-electron chi connectivity index (χ1n) is 3.69. The van der Waals surface area contributed by atoms with E-state index in [1.807, 2.05) is 0 Å². The summed E-state index contributed by atoms with van der Waals surface area (Å²) < 4.78 is 4.92. The molecule has 1 aliphatic rings. The highest BCUT2D eigenvalue weighted by atomic mass is 35.5. The fraction of sp³-hybridized carbons (Fsp3) is 0.857. The molecular formula is C7H14ClNO3. The highest BCUT2D eigenvalue weighted by molar-refractivity contribution is 5.85. The molecule has 0 bridgehead atoms. The van der Waals surface area contributed by atoms with Gasteiger partial charge < -0.3 is 15.2 Å². The highest BCUT2D eigenvalue weighted by Gasteiger charge is 2.28. The first-order valence-corrected chi connectivity index (χ1v) is 3.69. The molecule has 72 valence electrons. The Morgan fingerprint density at radius 2 is 2.42 bits per heavy atom. The van der Waals surface area contributed by atoms with Crippen molar-refractivity contribution in [3.63, 3.8) is 0 Å². The van der Waals surface area contributed by atoms with Crippen LogP contribution in [0.1, 0.15) is 6.42 Å². The number of carbonyl (C=O) groups is 1. The van der Waals surface area contributed by atoms with Crippen LogP contribution in [0.3, 0.4) is 0 Å². The third kappa shape index (κ3) is 2.97. The molecule has 0 spiro atoms. The number of carboxylic acid groups (broad SMARTS) is 1. The van der Waals surface area contributed by atoms with Crippen LogP contribution in [0, 0.1) is 5.92 Å². The van der Waals surface area contributed by atoms with Crippen LogP contribution in [0.25, 0.3) is 0 Å². The highest BCUT2D eigenvalue weighted by Crippen LogP contribution is 2.13. The van der Waals surface area contributed by atoms with E-state index in [1.165, 1.54) is 0 Å². The molecular weight excluding hydrogens is 182 g/mol. The molecule has 0 aromatic carbocycles. The van der Waals surface area contributed by atoms with E-state index in [9.17, 15) is 4.79 Å². The molecule has 0 unspecified atom stereocenters. The summed E-state index contributed by atoms with van der Waals surface area (Å²) in [5.41, 5.74) is 0. The Balaban J connectivity index is 0.00000121. The maximum absolute atomic E-state index is 10.4. The lowest BCUT2D eigenvalue weighted by Gasteiger charge is -2.04. The third-order valence-corrected chi connectivity index (χ3v) is 1.92. The molecule has 0 radical (unpaired) electrons. The molecule has 0 aromatic heterocycles. The first-order chi connectivity index (χ1) is 5.24. The van der Waals surface area contributed by atoms with Gasteiger partial charge >= 0.3 is 5.97 Å². The molecule has 0 aliphatic carbocycles. The number of halogens is 1. The van der Waals surface area contributed by atoms with E-state index in [-0.39, 0.29) is 18.4 Å². The summed E-state index contributed by atoms with van der Waals surface area (Å²) in [4.78, 5) is 10.4. The molecule has 1 saturated heterocycles. The van der Waals surface area contributed by atoms with Crippen LogP contribution >= 0.6 is 12.4 Å². The van der Waals surface area contributed by atoms with E-state index < -0.39 is 5.97 Å². The van der Waals surface area contributed by atoms with E-state index in [4.69, 9.17) is 9.84 Å². The molecule has 4 nitrogen and oxygen atoms in total. The summed E-state index contributed by atoms with van der Waals surface area (Å²) in [5, 5.41) is 11.5. The zero-order valence-electron chi connectivity index (χ0n) is 6.95. The van der Waals surface area contributed by atoms with Gasteiger partial charge in [-0.05, 0) is 12.3 Å². The monoisotopic (exact) mass is 195 g/mol. The topological polar surface area (TPSA) is 58.6 Å². The van der Waals surface area contributed by atoms with Gasteiger partial charge in [0.25, 0.3) is 0 Å². The summed E-state index contributed by atoms with van der Waals surface area (Å²) in [6.45, 7) is 1.40. The molecule has 5 heteroatoms. The summed E-state index contributed by atoms with van der Waals surface area (Å²) >= 11 is 0. The van der Waals surface area contributed by atoms with Gasteiger partial charge in [-0.1, -0.05) is 0 Å². The van der Waals surface area contributed by atoms with Crippen molar-refractivity contribution in [3.05, 3.63) is 0 Å². The number of methoxy groups -OCH3 is 1. The van der Waals surface area contributed by atoms with E-state index in [1.54, 1.807) is 7.11 Å². The number of aliphatic carboxylic acids is 1. The van der Waals surface area contributed by atoms with Gasteiger partial charge in [-0.3, -0.25) is 4.79 Å². The van der Waals surface area contributed by atoms with Gasteiger partial charge in [-0.15, -0.1) is 12.4 Å². The Morgan fingerprint density at radius 3 is 2.83 bits per heavy atom. The molecule has 2 N–H and O–H groups in total. The summed E-state index contributed by atoms with van der Waals surface area (Å²) in [6, 6.07) is -0.366. The summed E-state index contributed by atoms with van der Waals surface area (Å²) in [6.07, 6.45) is 0.684. The van der Waals surface area contributed by atoms with Crippen molar-refractivity contribution in [2.45, 2.75) is 12.5 Å². The van der Waals surface area contributed by atoms with Crippen molar-refractivity contribution in [2.75, 3.05) is 20.3 Å². The zero-order valence-corrected chi connectivity index (χ0v) is 7.76. The van der Waals surface area contributed by atoms with Gasteiger partial charge in [0.2, 0.25) is 0 Å². The Bertz CT molecular complexity index is 154. The van der Waals surface area contributed by atoms with Crippen LogP contribution in [0.5, 0.6) is 0 Å². The zero-order chi connectivity index (χ0) is 8.27. The molecule has 2 atom stereocenters. The molecule has 1 rings (SSSR count). The maximum atomic E-state index is 10.4. The van der Waals surface area contributed by atoms with Crippen molar-refractivity contribution in [1.82, 2.24) is 5.32 Å². The van der Waals surface area contributed by atoms with Gasteiger partial charge in [0.05, 0.1) is 6.61 Å². The van der Waals surface area contributed by atoms with Gasteiger partial charge in [0, 0.05) is 13.7 Å². The lowest BCUT2D eigenvalue weighted by Crippen LogP contribution is -2.29. The van der Waals surface area contributed by atoms with E-state index in [2.05, 4.69) is 5.32 Å². The molecule has 1 heterocycles. The van der Waals surface area contributed by atoms with Crippen LogP contribution in [0.4, 0.5) is 0 Å². The van der Waals surface area contributed by atoms with E-state index in [0.717, 1.165) is 6.54 Å². The molecule has 1 fully saturated rings. The summed E-state index contributed by atoms with van der Waals surface area (Å²) in [7, 11) is 1.63. The van der Waals surface area contributed by atoms with Gasteiger partial charge in [-0.25, -0.2) is 0 Å². The van der Waals surface area contributed by atoms with Crippen molar-refractivity contribution in [3.8, 4) is 0 Å². The molecule has 12 heavy (non-hydrogen) atoms. The van der Waals surface area contributed by atoms with Gasteiger partial charge in [0.1, 0.15) is 6.04 Å². The fourth-order valence-corrected chi connectivity index (χ4v) is 1.36. The normalized spacial score (nSPS) is 28.1. The summed E-state index contributed by atoms with van der Waals surface area (Å²) in [5.74, 6) is -0.398. The quantitative estimate of drug-likeness (QED) is 0.672. The Hall–Kier alpha value is -0.320. The number of hydrogen-bond donors (Lipinski definition) is 2. The molecule has 0 saturated carbocycles. The minimum atomic E-state index is -0.761.